The second kappa shape index (κ2) is 4.30. The Morgan fingerprint density at radius 1 is 1.19 bits per heavy atom. The minimum absolute atomic E-state index is 0.0150. The molecule has 0 bridgehead atoms. The predicted octanol–water partition coefficient (Wildman–Crippen LogP) is 3.17. The molecule has 108 valence electrons. The van der Waals surface area contributed by atoms with Gasteiger partial charge in [0.1, 0.15) is 5.69 Å². The van der Waals surface area contributed by atoms with Gasteiger partial charge in [-0.15, -0.1) is 8.78 Å². The number of nitro groups is 1. The maximum Gasteiger partial charge on any atom is 0.586 e. The number of halogens is 2. The molecule has 0 fully saturated rings. The molecule has 0 atom stereocenters. The average molecular weight is 294 g/mol. The molecule has 0 radical (unpaired) electrons. The van der Waals surface area contributed by atoms with E-state index in [4.69, 9.17) is 5.73 Å². The molecule has 21 heavy (non-hydrogen) atoms. The molecule has 6 nitrogen and oxygen atoms in total. The van der Waals surface area contributed by atoms with E-state index in [9.17, 15) is 18.9 Å². The summed E-state index contributed by atoms with van der Waals surface area (Å²) >= 11 is 0. The number of para-hydroxylation sites is 1. The van der Waals surface area contributed by atoms with Crippen molar-refractivity contribution in [3.05, 3.63) is 46.5 Å². The number of rotatable bonds is 2. The molecule has 0 spiro atoms. The second-order valence-corrected chi connectivity index (χ2v) is 4.33. The molecule has 1 aliphatic heterocycles. The first kappa shape index (κ1) is 13.1. The number of benzene rings is 2. The van der Waals surface area contributed by atoms with Crippen molar-refractivity contribution in [2.75, 3.05) is 5.73 Å². The van der Waals surface area contributed by atoms with Crippen LogP contribution < -0.4 is 15.2 Å². The molecule has 0 aliphatic carbocycles. The van der Waals surface area contributed by atoms with Crippen LogP contribution in [0.1, 0.15) is 0 Å². The van der Waals surface area contributed by atoms with Gasteiger partial charge in [0.05, 0.1) is 4.92 Å². The molecular formula is C13H8F2N2O4. The van der Waals surface area contributed by atoms with E-state index >= 15 is 0 Å². The lowest BCUT2D eigenvalue weighted by Crippen LogP contribution is -2.26. The number of fused-ring (bicyclic) bond motifs is 1. The lowest BCUT2D eigenvalue weighted by atomic mass is 10.0. The van der Waals surface area contributed by atoms with Crippen molar-refractivity contribution < 1.29 is 23.2 Å². The van der Waals surface area contributed by atoms with E-state index < -0.39 is 11.2 Å². The SMILES string of the molecule is Nc1ccc(-c2cccc3c2OC(F)(F)O3)cc1[N+](=O)[O-]. The summed E-state index contributed by atoms with van der Waals surface area (Å²) in [6, 6.07) is 8.33. The molecule has 0 aromatic heterocycles. The van der Waals surface area contributed by atoms with Crippen molar-refractivity contribution in [1.82, 2.24) is 0 Å². The van der Waals surface area contributed by atoms with Gasteiger partial charge in [-0.3, -0.25) is 10.1 Å². The molecule has 0 unspecified atom stereocenters. The van der Waals surface area contributed by atoms with E-state index in [2.05, 4.69) is 9.47 Å². The molecular weight excluding hydrogens is 286 g/mol. The van der Waals surface area contributed by atoms with Crippen molar-refractivity contribution in [2.24, 2.45) is 0 Å². The van der Waals surface area contributed by atoms with E-state index in [-0.39, 0.29) is 28.4 Å². The van der Waals surface area contributed by atoms with Gasteiger partial charge in [-0.05, 0) is 17.7 Å². The van der Waals surface area contributed by atoms with Gasteiger partial charge in [0.2, 0.25) is 0 Å². The number of hydrogen-bond donors (Lipinski definition) is 1. The molecule has 0 saturated carbocycles. The van der Waals surface area contributed by atoms with Crippen LogP contribution in [0.2, 0.25) is 0 Å². The number of alkyl halides is 2. The standard InChI is InChI=1S/C13H8F2N2O4/c14-13(15)20-11-3-1-2-8(12(11)21-13)7-4-5-9(16)10(6-7)17(18)19/h1-6H,16H2. The molecule has 2 aromatic rings. The zero-order valence-electron chi connectivity index (χ0n) is 10.4. The Bertz CT molecular complexity index is 749. The Morgan fingerprint density at radius 3 is 2.67 bits per heavy atom. The van der Waals surface area contributed by atoms with Crippen LogP contribution in [0.5, 0.6) is 11.5 Å². The number of nitro benzene ring substituents is 1. The Morgan fingerprint density at radius 2 is 1.95 bits per heavy atom. The highest BCUT2D eigenvalue weighted by Crippen LogP contribution is 2.47. The Balaban J connectivity index is 2.14. The van der Waals surface area contributed by atoms with Crippen molar-refractivity contribution >= 4 is 11.4 Å². The zero-order chi connectivity index (χ0) is 15.2. The van der Waals surface area contributed by atoms with Gasteiger partial charge < -0.3 is 15.2 Å². The maximum absolute atomic E-state index is 13.1. The highest BCUT2D eigenvalue weighted by molar-refractivity contribution is 5.78. The van der Waals surface area contributed by atoms with Crippen molar-refractivity contribution in [2.45, 2.75) is 6.29 Å². The van der Waals surface area contributed by atoms with E-state index in [1.807, 2.05) is 0 Å². The molecule has 2 aromatic carbocycles. The maximum atomic E-state index is 13.1. The number of ether oxygens (including phenoxy) is 2. The van der Waals surface area contributed by atoms with Crippen LogP contribution in [0.15, 0.2) is 36.4 Å². The minimum atomic E-state index is -3.75. The number of anilines is 1. The van der Waals surface area contributed by atoms with Gasteiger partial charge >= 0.3 is 6.29 Å². The number of nitrogen functional groups attached to an aromatic ring is 1. The van der Waals surface area contributed by atoms with Gasteiger partial charge in [-0.2, -0.15) is 0 Å². The molecule has 0 amide bonds. The minimum Gasteiger partial charge on any atom is -0.395 e. The van der Waals surface area contributed by atoms with Crippen LogP contribution in [-0.4, -0.2) is 11.2 Å². The summed E-state index contributed by atoms with van der Waals surface area (Å²) in [5, 5.41) is 10.9. The fourth-order valence-corrected chi connectivity index (χ4v) is 2.07. The van der Waals surface area contributed by atoms with Crippen LogP contribution in [0.4, 0.5) is 20.2 Å². The first-order valence-corrected chi connectivity index (χ1v) is 5.80. The van der Waals surface area contributed by atoms with Gasteiger partial charge in [0.15, 0.2) is 11.5 Å². The van der Waals surface area contributed by atoms with Crippen LogP contribution in [-0.2, 0) is 0 Å². The Kier molecular flexibility index (Phi) is 2.68. The molecule has 1 heterocycles. The predicted molar refractivity (Wildman–Crippen MR) is 69.1 cm³/mol. The van der Waals surface area contributed by atoms with Crippen LogP contribution in [0.25, 0.3) is 11.1 Å². The quantitative estimate of drug-likeness (QED) is 0.522. The monoisotopic (exact) mass is 294 g/mol. The van der Waals surface area contributed by atoms with Crippen LogP contribution in [0, 0.1) is 10.1 Å². The number of nitrogens with zero attached hydrogens (tertiary/aromatic N) is 1. The molecule has 8 heteroatoms. The lowest BCUT2D eigenvalue weighted by molar-refractivity contribution is -0.383. The van der Waals surface area contributed by atoms with Crippen molar-refractivity contribution in [1.29, 1.82) is 0 Å². The third-order valence-corrected chi connectivity index (χ3v) is 2.97. The van der Waals surface area contributed by atoms with E-state index in [0.29, 0.717) is 5.56 Å². The van der Waals surface area contributed by atoms with E-state index in [1.165, 1.54) is 36.4 Å². The van der Waals surface area contributed by atoms with Gasteiger partial charge in [0, 0.05) is 11.6 Å². The fraction of sp³-hybridized carbons (Fsp3) is 0.0769. The lowest BCUT2D eigenvalue weighted by Gasteiger charge is -2.08. The highest BCUT2D eigenvalue weighted by atomic mass is 19.3. The third-order valence-electron chi connectivity index (χ3n) is 2.97. The average Bonchev–Trinajstić information content (AvgIpc) is 2.72. The smallest absolute Gasteiger partial charge is 0.395 e. The Hall–Kier alpha value is -2.90. The summed E-state index contributed by atoms with van der Waals surface area (Å²) in [5.74, 6) is -0.293. The van der Waals surface area contributed by atoms with E-state index in [1.54, 1.807) is 0 Å². The first-order chi connectivity index (χ1) is 9.87. The Labute approximate surface area is 116 Å². The van der Waals surface area contributed by atoms with Crippen molar-refractivity contribution in [3.63, 3.8) is 0 Å². The summed E-state index contributed by atoms with van der Waals surface area (Å²) in [4.78, 5) is 10.2. The summed E-state index contributed by atoms with van der Waals surface area (Å²) in [5.41, 5.74) is 5.77. The van der Waals surface area contributed by atoms with Gasteiger partial charge in [-0.25, -0.2) is 0 Å². The van der Waals surface area contributed by atoms with Crippen LogP contribution in [0.3, 0.4) is 0 Å². The molecule has 2 N–H and O–H groups in total. The summed E-state index contributed by atoms with van der Waals surface area (Å²) in [6.07, 6.45) is -3.75. The molecule has 1 aliphatic rings. The third kappa shape index (κ3) is 2.20. The number of nitrogens with two attached hydrogens (primary N) is 1. The normalized spacial score (nSPS) is 15.0. The topological polar surface area (TPSA) is 87.6 Å². The van der Waals surface area contributed by atoms with Gasteiger partial charge in [0.25, 0.3) is 5.69 Å². The fourth-order valence-electron chi connectivity index (χ4n) is 2.07. The highest BCUT2D eigenvalue weighted by Gasteiger charge is 2.44. The summed E-state index contributed by atoms with van der Waals surface area (Å²) in [7, 11) is 0. The van der Waals surface area contributed by atoms with Crippen molar-refractivity contribution in [3.8, 4) is 22.6 Å². The summed E-state index contributed by atoms with van der Waals surface area (Å²) in [6.45, 7) is 0. The summed E-state index contributed by atoms with van der Waals surface area (Å²) < 4.78 is 35.1. The second-order valence-electron chi connectivity index (χ2n) is 4.33. The number of hydrogen-bond acceptors (Lipinski definition) is 5. The first-order valence-electron chi connectivity index (χ1n) is 5.80. The molecule has 0 saturated heterocycles. The van der Waals surface area contributed by atoms with Gasteiger partial charge in [-0.1, -0.05) is 18.2 Å². The largest absolute Gasteiger partial charge is 0.586 e. The van der Waals surface area contributed by atoms with E-state index in [0.717, 1.165) is 0 Å². The zero-order valence-corrected chi connectivity index (χ0v) is 10.4. The molecule has 3 rings (SSSR count). The van der Waals surface area contributed by atoms with Crippen LogP contribution >= 0.6 is 0 Å².